The molecule has 2 N–H and O–H groups in total. The molecule has 0 aromatic heterocycles. The first-order chi connectivity index (χ1) is 10.3. The van der Waals surface area contributed by atoms with Gasteiger partial charge in [0, 0.05) is 13.1 Å². The largest absolute Gasteiger partial charge is 0.388 e. The average molecular weight is 314 g/mol. The van der Waals surface area contributed by atoms with Gasteiger partial charge in [0.2, 0.25) is 5.91 Å². The summed E-state index contributed by atoms with van der Waals surface area (Å²) in [6.07, 6.45) is 7.42. The first kappa shape index (κ1) is 19.4. The molecule has 0 aromatic rings. The SMILES string of the molecule is C[C@H](OC1CCCCCC1)C(=O)NC[C@@](C)(O)CCN(C)C. The van der Waals surface area contributed by atoms with Crippen LogP contribution in [0.25, 0.3) is 0 Å². The topological polar surface area (TPSA) is 61.8 Å². The Labute approximate surface area is 135 Å². The average Bonchev–Trinajstić information content (AvgIpc) is 2.71. The van der Waals surface area contributed by atoms with Crippen LogP contribution in [0.1, 0.15) is 58.8 Å². The molecular formula is C17H34N2O3. The number of carbonyl (C=O) groups excluding carboxylic acids is 1. The van der Waals surface area contributed by atoms with E-state index in [0.29, 0.717) is 6.42 Å². The van der Waals surface area contributed by atoms with Crippen LogP contribution in [-0.2, 0) is 9.53 Å². The van der Waals surface area contributed by atoms with Gasteiger partial charge in [0.05, 0.1) is 11.7 Å². The van der Waals surface area contributed by atoms with Crippen molar-refractivity contribution in [2.24, 2.45) is 0 Å². The molecule has 0 aromatic carbocycles. The standard InChI is InChI=1S/C17H34N2O3/c1-14(22-15-9-7-5-6-8-10-15)16(20)18-13-17(2,21)11-12-19(3)4/h14-15,21H,5-13H2,1-4H3,(H,18,20)/t14-,17-/m0/s1. The number of hydrogen-bond donors (Lipinski definition) is 2. The first-order valence-electron chi connectivity index (χ1n) is 8.60. The molecule has 1 aliphatic carbocycles. The van der Waals surface area contributed by atoms with E-state index in [2.05, 4.69) is 5.32 Å². The highest BCUT2D eigenvalue weighted by Gasteiger charge is 2.24. The molecule has 130 valence electrons. The van der Waals surface area contributed by atoms with Crippen LogP contribution in [0.3, 0.4) is 0 Å². The third-order valence-electron chi connectivity index (χ3n) is 4.31. The van der Waals surface area contributed by atoms with Crippen LogP contribution in [0.4, 0.5) is 0 Å². The van der Waals surface area contributed by atoms with Crippen molar-refractivity contribution in [1.29, 1.82) is 0 Å². The Bertz CT molecular complexity index is 324. The second kappa shape index (κ2) is 9.48. The molecule has 0 unspecified atom stereocenters. The molecule has 1 saturated carbocycles. The summed E-state index contributed by atoms with van der Waals surface area (Å²) in [5.41, 5.74) is -0.887. The van der Waals surface area contributed by atoms with Gasteiger partial charge in [0.1, 0.15) is 6.10 Å². The molecule has 2 atom stereocenters. The monoisotopic (exact) mass is 314 g/mol. The van der Waals surface area contributed by atoms with E-state index < -0.39 is 11.7 Å². The van der Waals surface area contributed by atoms with E-state index in [4.69, 9.17) is 4.74 Å². The van der Waals surface area contributed by atoms with E-state index in [1.807, 2.05) is 19.0 Å². The Hall–Kier alpha value is -0.650. The van der Waals surface area contributed by atoms with Gasteiger partial charge in [0.15, 0.2) is 0 Å². The van der Waals surface area contributed by atoms with Crippen LogP contribution in [0.2, 0.25) is 0 Å². The molecule has 0 heterocycles. The Morgan fingerprint density at radius 2 is 1.91 bits per heavy atom. The van der Waals surface area contributed by atoms with Gasteiger partial charge in [-0.1, -0.05) is 25.7 Å². The van der Waals surface area contributed by atoms with Crippen molar-refractivity contribution in [2.75, 3.05) is 27.2 Å². The van der Waals surface area contributed by atoms with Crippen molar-refractivity contribution >= 4 is 5.91 Å². The quantitative estimate of drug-likeness (QED) is 0.672. The Morgan fingerprint density at radius 3 is 2.45 bits per heavy atom. The summed E-state index contributed by atoms with van der Waals surface area (Å²) in [5, 5.41) is 13.1. The first-order valence-corrected chi connectivity index (χ1v) is 8.60. The van der Waals surface area contributed by atoms with Gasteiger partial charge in [-0.05, 0) is 47.2 Å². The molecule has 5 heteroatoms. The number of amides is 1. The maximum Gasteiger partial charge on any atom is 0.248 e. The van der Waals surface area contributed by atoms with Gasteiger partial charge in [-0.15, -0.1) is 0 Å². The molecule has 0 radical (unpaired) electrons. The Kier molecular flexibility index (Phi) is 8.36. The number of ether oxygens (including phenoxy) is 1. The molecule has 0 aliphatic heterocycles. The predicted octanol–water partition coefficient (Wildman–Crippen LogP) is 1.93. The van der Waals surface area contributed by atoms with E-state index in [1.165, 1.54) is 25.7 Å². The van der Waals surface area contributed by atoms with E-state index in [0.717, 1.165) is 19.4 Å². The highest BCUT2D eigenvalue weighted by Crippen LogP contribution is 2.21. The lowest BCUT2D eigenvalue weighted by atomic mass is 10.0. The summed E-state index contributed by atoms with van der Waals surface area (Å²) < 4.78 is 5.89. The van der Waals surface area contributed by atoms with Crippen LogP contribution in [0.5, 0.6) is 0 Å². The van der Waals surface area contributed by atoms with Gasteiger partial charge in [0.25, 0.3) is 0 Å². The molecule has 0 spiro atoms. The smallest absolute Gasteiger partial charge is 0.248 e. The fraction of sp³-hybridized carbons (Fsp3) is 0.941. The molecular weight excluding hydrogens is 280 g/mol. The second-order valence-corrected chi connectivity index (χ2v) is 7.16. The van der Waals surface area contributed by atoms with Gasteiger partial charge >= 0.3 is 0 Å². The van der Waals surface area contributed by atoms with E-state index in [9.17, 15) is 9.90 Å². The highest BCUT2D eigenvalue weighted by atomic mass is 16.5. The fourth-order valence-corrected chi connectivity index (χ4v) is 2.70. The van der Waals surface area contributed by atoms with Crippen molar-refractivity contribution in [3.8, 4) is 0 Å². The van der Waals surface area contributed by atoms with Crippen LogP contribution in [-0.4, -0.2) is 60.9 Å². The summed E-state index contributed by atoms with van der Waals surface area (Å²) >= 11 is 0. The molecule has 0 saturated heterocycles. The Balaban J connectivity index is 2.30. The zero-order valence-corrected chi connectivity index (χ0v) is 14.7. The molecule has 5 nitrogen and oxygen atoms in total. The minimum atomic E-state index is -0.887. The minimum absolute atomic E-state index is 0.130. The van der Waals surface area contributed by atoms with Crippen molar-refractivity contribution in [3.63, 3.8) is 0 Å². The number of nitrogens with zero attached hydrogens (tertiary/aromatic N) is 1. The predicted molar refractivity (Wildman–Crippen MR) is 88.8 cm³/mol. The van der Waals surface area contributed by atoms with E-state index in [-0.39, 0.29) is 18.6 Å². The molecule has 1 rings (SSSR count). The second-order valence-electron chi connectivity index (χ2n) is 7.16. The normalized spacial score (nSPS) is 21.2. The fourth-order valence-electron chi connectivity index (χ4n) is 2.70. The van der Waals surface area contributed by atoms with Crippen LogP contribution >= 0.6 is 0 Å². The lowest BCUT2D eigenvalue weighted by Crippen LogP contribution is -2.46. The van der Waals surface area contributed by atoms with Gasteiger partial charge in [-0.25, -0.2) is 0 Å². The van der Waals surface area contributed by atoms with E-state index >= 15 is 0 Å². The maximum absolute atomic E-state index is 12.1. The third kappa shape index (κ3) is 8.11. The number of carbonyl (C=O) groups is 1. The van der Waals surface area contributed by atoms with Gasteiger partial charge in [-0.2, -0.15) is 0 Å². The maximum atomic E-state index is 12.1. The number of rotatable bonds is 8. The number of hydrogen-bond acceptors (Lipinski definition) is 4. The van der Waals surface area contributed by atoms with Crippen molar-refractivity contribution in [1.82, 2.24) is 10.2 Å². The lowest BCUT2D eigenvalue weighted by Gasteiger charge is -2.27. The molecule has 22 heavy (non-hydrogen) atoms. The van der Waals surface area contributed by atoms with Crippen molar-refractivity contribution < 1.29 is 14.6 Å². The highest BCUT2D eigenvalue weighted by molar-refractivity contribution is 5.80. The van der Waals surface area contributed by atoms with Crippen molar-refractivity contribution in [2.45, 2.75) is 76.6 Å². The molecule has 0 bridgehead atoms. The van der Waals surface area contributed by atoms with Crippen LogP contribution in [0, 0.1) is 0 Å². The van der Waals surface area contributed by atoms with E-state index in [1.54, 1.807) is 13.8 Å². The zero-order chi connectivity index (χ0) is 16.6. The van der Waals surface area contributed by atoms with Gasteiger partial charge < -0.3 is 20.1 Å². The van der Waals surface area contributed by atoms with Gasteiger partial charge in [-0.3, -0.25) is 4.79 Å². The van der Waals surface area contributed by atoms with Crippen molar-refractivity contribution in [3.05, 3.63) is 0 Å². The minimum Gasteiger partial charge on any atom is -0.388 e. The number of nitrogens with one attached hydrogen (secondary N) is 1. The summed E-state index contributed by atoms with van der Waals surface area (Å²) in [7, 11) is 3.94. The molecule has 1 fully saturated rings. The summed E-state index contributed by atoms with van der Waals surface area (Å²) in [6, 6.07) is 0. The third-order valence-corrected chi connectivity index (χ3v) is 4.31. The number of aliphatic hydroxyl groups is 1. The molecule has 1 amide bonds. The summed E-state index contributed by atoms with van der Waals surface area (Å²) in [4.78, 5) is 14.2. The summed E-state index contributed by atoms with van der Waals surface area (Å²) in [5.74, 6) is -0.130. The van der Waals surface area contributed by atoms with Crippen LogP contribution in [0.15, 0.2) is 0 Å². The zero-order valence-electron chi connectivity index (χ0n) is 14.7. The molecule has 1 aliphatic rings. The summed E-state index contributed by atoms with van der Waals surface area (Å²) in [6.45, 7) is 4.61. The van der Waals surface area contributed by atoms with Crippen LogP contribution < -0.4 is 5.32 Å². The Morgan fingerprint density at radius 1 is 1.32 bits per heavy atom. The lowest BCUT2D eigenvalue weighted by molar-refractivity contribution is -0.137.